The van der Waals surface area contributed by atoms with Crippen LogP contribution in [0.1, 0.15) is 64.7 Å². The molecular weight excluding hydrogens is 256 g/mol. The van der Waals surface area contributed by atoms with Gasteiger partial charge in [-0.25, -0.2) is 0 Å². The predicted octanol–water partition coefficient (Wildman–Crippen LogP) is 2.05. The molecule has 0 aromatic rings. The van der Waals surface area contributed by atoms with E-state index in [-0.39, 0.29) is 11.9 Å². The maximum absolute atomic E-state index is 11.9. The zero-order valence-corrected chi connectivity index (χ0v) is 12.5. The Kier molecular flexibility index (Phi) is 6.99. The van der Waals surface area contributed by atoms with Crippen LogP contribution >= 0.6 is 0 Å². The third-order valence-electron chi connectivity index (χ3n) is 4.39. The molecule has 1 fully saturated rings. The lowest BCUT2D eigenvalue weighted by atomic mass is 9.71. The molecular formula is C15H28N2O3. The van der Waals surface area contributed by atoms with E-state index in [0.717, 1.165) is 44.9 Å². The van der Waals surface area contributed by atoms with Crippen LogP contribution < -0.4 is 11.1 Å². The monoisotopic (exact) mass is 284 g/mol. The number of aliphatic carboxylic acids is 1. The smallest absolute Gasteiger partial charge is 0.311 e. The van der Waals surface area contributed by atoms with E-state index in [1.807, 2.05) is 0 Å². The summed E-state index contributed by atoms with van der Waals surface area (Å²) in [6.45, 7) is 2.45. The van der Waals surface area contributed by atoms with Crippen molar-refractivity contribution in [3.8, 4) is 0 Å². The molecule has 0 heterocycles. The standard InChI is InChI=1S/C15H28N2O3/c1-15(14(19)20)10-6-5-8-12(15)17-13(18)9-4-2-3-7-11-16/h12H,2-11,16H2,1H3,(H,17,18)(H,19,20). The van der Waals surface area contributed by atoms with Crippen molar-refractivity contribution in [2.24, 2.45) is 11.1 Å². The van der Waals surface area contributed by atoms with Crippen LogP contribution in [0.4, 0.5) is 0 Å². The highest BCUT2D eigenvalue weighted by molar-refractivity contribution is 5.79. The Labute approximate surface area is 121 Å². The molecule has 20 heavy (non-hydrogen) atoms. The van der Waals surface area contributed by atoms with Gasteiger partial charge in [0.25, 0.3) is 0 Å². The fraction of sp³-hybridized carbons (Fsp3) is 0.867. The number of unbranched alkanes of at least 4 members (excludes halogenated alkanes) is 3. The Morgan fingerprint density at radius 3 is 2.60 bits per heavy atom. The zero-order valence-electron chi connectivity index (χ0n) is 12.5. The number of carbonyl (C=O) groups is 2. The van der Waals surface area contributed by atoms with E-state index in [4.69, 9.17) is 5.73 Å². The number of hydrogen-bond acceptors (Lipinski definition) is 3. The van der Waals surface area contributed by atoms with Gasteiger partial charge < -0.3 is 16.2 Å². The summed E-state index contributed by atoms with van der Waals surface area (Å²) in [6.07, 6.45) is 7.72. The Morgan fingerprint density at radius 1 is 1.25 bits per heavy atom. The van der Waals surface area contributed by atoms with Gasteiger partial charge in [0.2, 0.25) is 5.91 Å². The Hall–Kier alpha value is -1.10. The number of rotatable bonds is 8. The largest absolute Gasteiger partial charge is 0.481 e. The summed E-state index contributed by atoms with van der Waals surface area (Å²) >= 11 is 0. The number of carboxylic acid groups (broad SMARTS) is 1. The van der Waals surface area contributed by atoms with Crippen LogP contribution in [0.3, 0.4) is 0 Å². The van der Waals surface area contributed by atoms with Crippen molar-refractivity contribution < 1.29 is 14.7 Å². The molecule has 0 saturated heterocycles. The number of hydrogen-bond donors (Lipinski definition) is 3. The first-order valence-corrected chi connectivity index (χ1v) is 7.73. The maximum atomic E-state index is 11.9. The van der Waals surface area contributed by atoms with Gasteiger partial charge >= 0.3 is 5.97 Å². The summed E-state index contributed by atoms with van der Waals surface area (Å²) in [7, 11) is 0. The van der Waals surface area contributed by atoms with Crippen molar-refractivity contribution in [3.05, 3.63) is 0 Å². The molecule has 2 unspecified atom stereocenters. The minimum atomic E-state index is -0.812. The Morgan fingerprint density at radius 2 is 1.95 bits per heavy atom. The van der Waals surface area contributed by atoms with Crippen molar-refractivity contribution in [1.82, 2.24) is 5.32 Å². The number of amides is 1. The number of nitrogens with two attached hydrogens (primary N) is 1. The van der Waals surface area contributed by atoms with E-state index in [1.165, 1.54) is 0 Å². The topological polar surface area (TPSA) is 92.4 Å². The van der Waals surface area contributed by atoms with E-state index < -0.39 is 11.4 Å². The summed E-state index contributed by atoms with van der Waals surface area (Å²) in [5.74, 6) is -0.817. The summed E-state index contributed by atoms with van der Waals surface area (Å²) < 4.78 is 0. The molecule has 0 bridgehead atoms. The lowest BCUT2D eigenvalue weighted by Crippen LogP contribution is -2.52. The van der Waals surface area contributed by atoms with Crippen LogP contribution in [0, 0.1) is 5.41 Å². The van der Waals surface area contributed by atoms with Gasteiger partial charge in [0, 0.05) is 12.5 Å². The van der Waals surface area contributed by atoms with Crippen molar-refractivity contribution in [2.75, 3.05) is 6.54 Å². The fourth-order valence-corrected chi connectivity index (χ4v) is 2.87. The Bertz CT molecular complexity index is 333. The van der Waals surface area contributed by atoms with Gasteiger partial charge in [0.05, 0.1) is 5.41 Å². The number of carbonyl (C=O) groups excluding carboxylic acids is 1. The van der Waals surface area contributed by atoms with Crippen LogP contribution in [0.25, 0.3) is 0 Å². The highest BCUT2D eigenvalue weighted by Gasteiger charge is 2.43. The van der Waals surface area contributed by atoms with Gasteiger partial charge in [-0.15, -0.1) is 0 Å². The second-order valence-corrected chi connectivity index (χ2v) is 6.04. The molecule has 1 rings (SSSR count). The SMILES string of the molecule is CC1(C(=O)O)CCCCC1NC(=O)CCCCCCN. The first kappa shape index (κ1) is 17.0. The molecule has 116 valence electrons. The van der Waals surface area contributed by atoms with Crippen LogP contribution in [-0.2, 0) is 9.59 Å². The first-order valence-electron chi connectivity index (χ1n) is 7.73. The maximum Gasteiger partial charge on any atom is 0.311 e. The van der Waals surface area contributed by atoms with Gasteiger partial charge in [-0.05, 0) is 39.2 Å². The van der Waals surface area contributed by atoms with E-state index in [2.05, 4.69) is 5.32 Å². The van der Waals surface area contributed by atoms with Gasteiger partial charge in [0.15, 0.2) is 0 Å². The molecule has 5 heteroatoms. The predicted molar refractivity (Wildman–Crippen MR) is 78.3 cm³/mol. The molecule has 4 N–H and O–H groups in total. The van der Waals surface area contributed by atoms with Gasteiger partial charge in [-0.1, -0.05) is 25.7 Å². The molecule has 2 atom stereocenters. The minimum Gasteiger partial charge on any atom is -0.481 e. The quantitative estimate of drug-likeness (QED) is 0.595. The number of carboxylic acids is 1. The van der Waals surface area contributed by atoms with E-state index in [1.54, 1.807) is 6.92 Å². The highest BCUT2D eigenvalue weighted by atomic mass is 16.4. The second-order valence-electron chi connectivity index (χ2n) is 6.04. The molecule has 0 spiro atoms. The summed E-state index contributed by atoms with van der Waals surface area (Å²) in [4.78, 5) is 23.4. The lowest BCUT2D eigenvalue weighted by Gasteiger charge is -2.38. The second kappa shape index (κ2) is 8.25. The van der Waals surface area contributed by atoms with Gasteiger partial charge in [-0.2, -0.15) is 0 Å². The average Bonchev–Trinajstić information content (AvgIpc) is 2.41. The molecule has 5 nitrogen and oxygen atoms in total. The highest BCUT2D eigenvalue weighted by Crippen LogP contribution is 2.36. The van der Waals surface area contributed by atoms with Crippen LogP contribution in [0.5, 0.6) is 0 Å². The zero-order chi connectivity index (χ0) is 15.0. The summed E-state index contributed by atoms with van der Waals surface area (Å²) in [5, 5.41) is 12.3. The first-order chi connectivity index (χ1) is 9.50. The molecule has 1 amide bonds. The van der Waals surface area contributed by atoms with Crippen LogP contribution in [0.2, 0.25) is 0 Å². The molecule has 1 saturated carbocycles. The van der Waals surface area contributed by atoms with Gasteiger partial charge in [-0.3, -0.25) is 9.59 Å². The molecule has 0 radical (unpaired) electrons. The third-order valence-corrected chi connectivity index (χ3v) is 4.39. The molecule has 0 aliphatic heterocycles. The van der Waals surface area contributed by atoms with Crippen molar-refractivity contribution in [1.29, 1.82) is 0 Å². The normalized spacial score (nSPS) is 26.2. The molecule has 1 aliphatic carbocycles. The van der Waals surface area contributed by atoms with Crippen LogP contribution in [-0.4, -0.2) is 29.6 Å². The third kappa shape index (κ3) is 4.78. The minimum absolute atomic E-state index is 0.0166. The molecule has 0 aromatic heterocycles. The fourth-order valence-electron chi connectivity index (χ4n) is 2.87. The van der Waals surface area contributed by atoms with Gasteiger partial charge in [0.1, 0.15) is 0 Å². The number of nitrogens with one attached hydrogen (secondary N) is 1. The van der Waals surface area contributed by atoms with E-state index >= 15 is 0 Å². The average molecular weight is 284 g/mol. The molecule has 1 aliphatic rings. The van der Waals surface area contributed by atoms with E-state index in [0.29, 0.717) is 19.4 Å². The van der Waals surface area contributed by atoms with Crippen molar-refractivity contribution in [3.63, 3.8) is 0 Å². The Balaban J connectivity index is 2.37. The summed E-state index contributed by atoms with van der Waals surface area (Å²) in [6, 6.07) is -0.231. The van der Waals surface area contributed by atoms with Crippen LogP contribution in [0.15, 0.2) is 0 Å². The van der Waals surface area contributed by atoms with Crippen molar-refractivity contribution >= 4 is 11.9 Å². The molecule has 0 aromatic carbocycles. The lowest BCUT2D eigenvalue weighted by molar-refractivity contribution is -0.152. The summed E-state index contributed by atoms with van der Waals surface area (Å²) in [5.41, 5.74) is 4.61. The van der Waals surface area contributed by atoms with Crippen molar-refractivity contribution in [2.45, 2.75) is 70.8 Å². The van der Waals surface area contributed by atoms with E-state index in [9.17, 15) is 14.7 Å².